The van der Waals surface area contributed by atoms with Crippen molar-refractivity contribution in [2.45, 2.75) is 12.8 Å². The van der Waals surface area contributed by atoms with Crippen molar-refractivity contribution in [1.82, 2.24) is 0 Å². The Bertz CT molecular complexity index is 871. The zero-order valence-corrected chi connectivity index (χ0v) is 14.8. The molecule has 0 aliphatic rings. The molecule has 1 amide bonds. The van der Waals surface area contributed by atoms with Crippen LogP contribution in [0.15, 0.2) is 65.1 Å². The molecular weight excluding hydrogens is 330 g/mol. The van der Waals surface area contributed by atoms with Gasteiger partial charge in [0.2, 0.25) is 5.91 Å². The number of rotatable bonds is 7. The van der Waals surface area contributed by atoms with Gasteiger partial charge in [-0.1, -0.05) is 30.3 Å². The number of anilines is 1. The summed E-state index contributed by atoms with van der Waals surface area (Å²) in [6.07, 6.45) is 0.841. The van der Waals surface area contributed by atoms with Crippen molar-refractivity contribution in [3.63, 3.8) is 0 Å². The van der Waals surface area contributed by atoms with Gasteiger partial charge in [-0.05, 0) is 24.3 Å². The van der Waals surface area contributed by atoms with E-state index in [1.165, 1.54) is 0 Å². The lowest BCUT2D eigenvalue weighted by atomic mass is 10.2. The number of amides is 1. The van der Waals surface area contributed by atoms with E-state index in [-0.39, 0.29) is 5.91 Å². The van der Waals surface area contributed by atoms with Crippen LogP contribution in [0.2, 0.25) is 0 Å². The lowest BCUT2D eigenvalue weighted by Crippen LogP contribution is -2.13. The molecule has 2 aromatic carbocycles. The molecule has 0 atom stereocenters. The number of carbonyl (C=O) groups excluding carboxylic acids is 1. The normalized spacial score (nSPS) is 10.4. The van der Waals surface area contributed by atoms with Gasteiger partial charge in [0.25, 0.3) is 0 Å². The third-order valence-corrected chi connectivity index (χ3v) is 4.00. The van der Waals surface area contributed by atoms with Gasteiger partial charge in [-0.2, -0.15) is 0 Å². The molecule has 1 N–H and O–H groups in total. The minimum Gasteiger partial charge on any atom is -0.497 e. The zero-order chi connectivity index (χ0) is 18.4. The number of furan rings is 1. The molecule has 3 aromatic rings. The number of hydrogen-bond donors (Lipinski definition) is 1. The molecule has 0 saturated heterocycles. The first-order valence-electron chi connectivity index (χ1n) is 8.35. The van der Waals surface area contributed by atoms with Crippen LogP contribution >= 0.6 is 0 Å². The van der Waals surface area contributed by atoms with Crippen molar-refractivity contribution in [1.29, 1.82) is 0 Å². The molecule has 0 aliphatic carbocycles. The fraction of sp³-hybridized carbons (Fsp3) is 0.190. The van der Waals surface area contributed by atoms with E-state index in [0.29, 0.717) is 30.0 Å². The topological polar surface area (TPSA) is 60.7 Å². The second-order valence-electron chi connectivity index (χ2n) is 5.75. The number of ether oxygens (including phenoxy) is 2. The summed E-state index contributed by atoms with van der Waals surface area (Å²) in [5.74, 6) is 2.70. The number of nitrogens with one attached hydrogen (secondary N) is 1. The summed E-state index contributed by atoms with van der Waals surface area (Å²) in [7, 11) is 3.14. The summed E-state index contributed by atoms with van der Waals surface area (Å²) in [5, 5.41) is 2.86. The third kappa shape index (κ3) is 4.25. The smallest absolute Gasteiger partial charge is 0.224 e. The molecular formula is C21H21NO4. The Labute approximate surface area is 152 Å². The van der Waals surface area contributed by atoms with Crippen LogP contribution in [0.25, 0.3) is 11.3 Å². The Kier molecular flexibility index (Phi) is 5.59. The summed E-state index contributed by atoms with van der Waals surface area (Å²) in [6.45, 7) is 0. The summed E-state index contributed by atoms with van der Waals surface area (Å²) < 4.78 is 16.3. The minimum absolute atomic E-state index is 0.105. The summed E-state index contributed by atoms with van der Waals surface area (Å²) >= 11 is 0. The van der Waals surface area contributed by atoms with E-state index in [4.69, 9.17) is 13.9 Å². The maximum absolute atomic E-state index is 12.2. The predicted molar refractivity (Wildman–Crippen MR) is 101 cm³/mol. The van der Waals surface area contributed by atoms with E-state index in [1.807, 2.05) is 42.5 Å². The quantitative estimate of drug-likeness (QED) is 0.679. The second kappa shape index (κ2) is 8.25. The van der Waals surface area contributed by atoms with Crippen molar-refractivity contribution >= 4 is 11.6 Å². The van der Waals surface area contributed by atoms with Crippen LogP contribution in [-0.2, 0) is 11.2 Å². The van der Waals surface area contributed by atoms with Crippen LogP contribution < -0.4 is 14.8 Å². The second-order valence-corrected chi connectivity index (χ2v) is 5.75. The molecule has 1 heterocycles. The van der Waals surface area contributed by atoms with Gasteiger partial charge in [-0.15, -0.1) is 0 Å². The highest BCUT2D eigenvalue weighted by Gasteiger charge is 2.11. The molecule has 134 valence electrons. The SMILES string of the molecule is COc1ccc(NC(=O)CCc2ccc(-c3ccccc3)o2)c(OC)c1. The molecule has 0 spiro atoms. The van der Waals surface area contributed by atoms with E-state index in [2.05, 4.69) is 5.32 Å². The average molecular weight is 351 g/mol. The average Bonchev–Trinajstić information content (AvgIpc) is 3.16. The van der Waals surface area contributed by atoms with Crippen molar-refractivity contribution in [2.75, 3.05) is 19.5 Å². The molecule has 0 saturated carbocycles. The fourth-order valence-corrected chi connectivity index (χ4v) is 2.62. The maximum atomic E-state index is 12.2. The van der Waals surface area contributed by atoms with Crippen molar-refractivity contribution in [2.24, 2.45) is 0 Å². The minimum atomic E-state index is -0.105. The molecule has 0 bridgehead atoms. The largest absolute Gasteiger partial charge is 0.497 e. The molecule has 26 heavy (non-hydrogen) atoms. The van der Waals surface area contributed by atoms with Gasteiger partial charge in [0.15, 0.2) is 0 Å². The first-order valence-corrected chi connectivity index (χ1v) is 8.35. The van der Waals surface area contributed by atoms with Crippen LogP contribution in [0.3, 0.4) is 0 Å². The molecule has 0 aliphatic heterocycles. The lowest BCUT2D eigenvalue weighted by Gasteiger charge is -2.11. The fourth-order valence-electron chi connectivity index (χ4n) is 2.62. The number of methoxy groups -OCH3 is 2. The Morgan fingerprint density at radius 2 is 1.81 bits per heavy atom. The van der Waals surface area contributed by atoms with Crippen molar-refractivity contribution in [3.05, 3.63) is 66.4 Å². The van der Waals surface area contributed by atoms with Crippen LogP contribution in [0.4, 0.5) is 5.69 Å². The van der Waals surface area contributed by atoms with Crippen molar-refractivity contribution in [3.8, 4) is 22.8 Å². The van der Waals surface area contributed by atoms with Crippen LogP contribution in [0.1, 0.15) is 12.2 Å². The van der Waals surface area contributed by atoms with Gasteiger partial charge in [0, 0.05) is 24.5 Å². The maximum Gasteiger partial charge on any atom is 0.224 e. The summed E-state index contributed by atoms with van der Waals surface area (Å²) in [4.78, 5) is 12.2. The van der Waals surface area contributed by atoms with Gasteiger partial charge in [0.05, 0.1) is 19.9 Å². The Morgan fingerprint density at radius 1 is 1.00 bits per heavy atom. The molecule has 5 heteroatoms. The summed E-state index contributed by atoms with van der Waals surface area (Å²) in [6, 6.07) is 19.0. The molecule has 1 aromatic heterocycles. The Hall–Kier alpha value is -3.21. The van der Waals surface area contributed by atoms with E-state index >= 15 is 0 Å². The summed E-state index contributed by atoms with van der Waals surface area (Å²) in [5.41, 5.74) is 1.63. The van der Waals surface area contributed by atoms with Crippen LogP contribution in [-0.4, -0.2) is 20.1 Å². The monoisotopic (exact) mass is 351 g/mol. The van der Waals surface area contributed by atoms with Gasteiger partial charge in [0.1, 0.15) is 23.0 Å². The highest BCUT2D eigenvalue weighted by molar-refractivity contribution is 5.92. The van der Waals surface area contributed by atoms with E-state index in [1.54, 1.807) is 32.4 Å². The molecule has 0 radical (unpaired) electrons. The van der Waals surface area contributed by atoms with Gasteiger partial charge in [-0.3, -0.25) is 4.79 Å². The van der Waals surface area contributed by atoms with E-state index in [0.717, 1.165) is 17.1 Å². The van der Waals surface area contributed by atoms with E-state index < -0.39 is 0 Å². The molecule has 0 unspecified atom stereocenters. The number of carbonyl (C=O) groups is 1. The third-order valence-electron chi connectivity index (χ3n) is 4.00. The lowest BCUT2D eigenvalue weighted by molar-refractivity contribution is -0.116. The van der Waals surface area contributed by atoms with Crippen LogP contribution in [0, 0.1) is 0 Å². The van der Waals surface area contributed by atoms with Crippen LogP contribution in [0.5, 0.6) is 11.5 Å². The highest BCUT2D eigenvalue weighted by Crippen LogP contribution is 2.29. The first-order chi connectivity index (χ1) is 12.7. The first kappa shape index (κ1) is 17.6. The number of benzene rings is 2. The molecule has 0 fully saturated rings. The van der Waals surface area contributed by atoms with E-state index in [9.17, 15) is 4.79 Å². The van der Waals surface area contributed by atoms with Gasteiger partial charge >= 0.3 is 0 Å². The Balaban J connectivity index is 1.59. The molecule has 3 rings (SSSR count). The number of hydrogen-bond acceptors (Lipinski definition) is 4. The zero-order valence-electron chi connectivity index (χ0n) is 14.8. The predicted octanol–water partition coefficient (Wildman–Crippen LogP) is 4.54. The molecule has 5 nitrogen and oxygen atoms in total. The highest BCUT2D eigenvalue weighted by atomic mass is 16.5. The number of aryl methyl sites for hydroxylation is 1. The van der Waals surface area contributed by atoms with Gasteiger partial charge < -0.3 is 19.2 Å². The van der Waals surface area contributed by atoms with Crippen molar-refractivity contribution < 1.29 is 18.7 Å². The Morgan fingerprint density at radius 3 is 2.54 bits per heavy atom. The van der Waals surface area contributed by atoms with Gasteiger partial charge in [-0.25, -0.2) is 0 Å². The standard InChI is InChI=1S/C21H21NO4/c1-24-17-8-11-18(20(14-17)25-2)22-21(23)13-10-16-9-12-19(26-16)15-6-4-3-5-7-15/h3-9,11-12,14H,10,13H2,1-2H3,(H,22,23).